The van der Waals surface area contributed by atoms with Crippen molar-refractivity contribution in [1.82, 2.24) is 5.32 Å². The van der Waals surface area contributed by atoms with Crippen LogP contribution in [0.5, 0.6) is 0 Å². The van der Waals surface area contributed by atoms with Crippen LogP contribution in [0.2, 0.25) is 0 Å². The predicted octanol–water partition coefficient (Wildman–Crippen LogP) is 2.44. The van der Waals surface area contributed by atoms with Gasteiger partial charge in [0.25, 0.3) is 0 Å². The van der Waals surface area contributed by atoms with Crippen molar-refractivity contribution in [1.29, 1.82) is 0 Å². The highest BCUT2D eigenvalue weighted by atomic mass is 16.5. The maximum absolute atomic E-state index is 11.2. The van der Waals surface area contributed by atoms with Crippen LogP contribution in [0.25, 0.3) is 0 Å². The fraction of sp³-hybridized carbons (Fsp3) is 0.933. The van der Waals surface area contributed by atoms with Crippen LogP contribution in [0, 0.1) is 0 Å². The van der Waals surface area contributed by atoms with Crippen LogP contribution >= 0.6 is 0 Å². The highest BCUT2D eigenvalue weighted by Crippen LogP contribution is 2.14. The standard InChI is InChI=1S/C15H31NO4/c1-4-6-10-19-12-13-20-11-8-7-9-15(3,14(17)18)16-5-2/h16H,4-13H2,1-3H3,(H,17,18). The van der Waals surface area contributed by atoms with Crippen LogP contribution in [-0.2, 0) is 14.3 Å². The molecule has 0 aromatic rings. The Labute approximate surface area is 123 Å². The van der Waals surface area contributed by atoms with Crippen LogP contribution in [0.4, 0.5) is 0 Å². The highest BCUT2D eigenvalue weighted by molar-refractivity contribution is 5.78. The van der Waals surface area contributed by atoms with Gasteiger partial charge in [-0.05, 0) is 39.2 Å². The molecule has 5 heteroatoms. The van der Waals surface area contributed by atoms with Gasteiger partial charge in [0, 0.05) is 13.2 Å². The number of carboxylic acid groups (broad SMARTS) is 1. The monoisotopic (exact) mass is 289 g/mol. The average molecular weight is 289 g/mol. The van der Waals surface area contributed by atoms with Gasteiger partial charge in [0.2, 0.25) is 0 Å². The molecule has 0 amide bonds. The summed E-state index contributed by atoms with van der Waals surface area (Å²) in [7, 11) is 0. The molecular weight excluding hydrogens is 258 g/mol. The van der Waals surface area contributed by atoms with Gasteiger partial charge in [-0.2, -0.15) is 0 Å². The molecule has 5 nitrogen and oxygen atoms in total. The van der Waals surface area contributed by atoms with Crippen LogP contribution < -0.4 is 5.32 Å². The molecule has 0 aliphatic carbocycles. The van der Waals surface area contributed by atoms with Crippen molar-refractivity contribution in [3.05, 3.63) is 0 Å². The molecule has 0 aliphatic rings. The summed E-state index contributed by atoms with van der Waals surface area (Å²) in [5.41, 5.74) is -0.821. The Bertz CT molecular complexity index is 248. The minimum absolute atomic E-state index is 0.618. The molecule has 0 saturated carbocycles. The van der Waals surface area contributed by atoms with Gasteiger partial charge in [-0.3, -0.25) is 4.79 Å². The lowest BCUT2D eigenvalue weighted by atomic mass is 9.95. The fourth-order valence-corrected chi connectivity index (χ4v) is 1.91. The Morgan fingerprint density at radius 3 is 2.15 bits per heavy atom. The Balaban J connectivity index is 3.48. The summed E-state index contributed by atoms with van der Waals surface area (Å²) in [6, 6.07) is 0. The second kappa shape index (κ2) is 12.1. The van der Waals surface area contributed by atoms with E-state index in [0.29, 0.717) is 32.8 Å². The molecule has 120 valence electrons. The summed E-state index contributed by atoms with van der Waals surface area (Å²) in [5.74, 6) is -0.787. The number of likely N-dealkylation sites (N-methyl/N-ethyl adjacent to an activating group) is 1. The smallest absolute Gasteiger partial charge is 0.323 e. The van der Waals surface area contributed by atoms with E-state index in [0.717, 1.165) is 32.3 Å². The number of carboxylic acids is 1. The first-order valence-electron chi connectivity index (χ1n) is 7.70. The summed E-state index contributed by atoms with van der Waals surface area (Å²) in [6.07, 6.45) is 4.58. The molecule has 0 fully saturated rings. The van der Waals surface area contributed by atoms with Gasteiger partial charge in [-0.1, -0.05) is 20.3 Å². The zero-order valence-corrected chi connectivity index (χ0v) is 13.2. The predicted molar refractivity (Wildman–Crippen MR) is 80.1 cm³/mol. The first-order chi connectivity index (χ1) is 9.56. The maximum Gasteiger partial charge on any atom is 0.323 e. The van der Waals surface area contributed by atoms with Crippen molar-refractivity contribution in [2.75, 3.05) is 33.0 Å². The maximum atomic E-state index is 11.2. The van der Waals surface area contributed by atoms with E-state index in [2.05, 4.69) is 12.2 Å². The van der Waals surface area contributed by atoms with Crippen LogP contribution in [0.15, 0.2) is 0 Å². The Hall–Kier alpha value is -0.650. The molecule has 1 unspecified atom stereocenters. The van der Waals surface area contributed by atoms with Gasteiger partial charge < -0.3 is 19.9 Å². The average Bonchev–Trinajstić information content (AvgIpc) is 2.41. The van der Waals surface area contributed by atoms with E-state index in [9.17, 15) is 9.90 Å². The number of hydrogen-bond donors (Lipinski definition) is 2. The molecule has 2 N–H and O–H groups in total. The van der Waals surface area contributed by atoms with E-state index in [1.54, 1.807) is 6.92 Å². The number of hydrogen-bond acceptors (Lipinski definition) is 4. The lowest BCUT2D eigenvalue weighted by Crippen LogP contribution is -2.49. The molecule has 0 aliphatic heterocycles. The fourth-order valence-electron chi connectivity index (χ4n) is 1.91. The first kappa shape index (κ1) is 19.4. The number of nitrogens with one attached hydrogen (secondary N) is 1. The summed E-state index contributed by atoms with van der Waals surface area (Å²) in [6.45, 7) is 9.19. The number of carbonyl (C=O) groups is 1. The SMILES string of the molecule is CCCCOCCOCCCCC(C)(NCC)C(=O)O. The lowest BCUT2D eigenvalue weighted by molar-refractivity contribution is -0.144. The Morgan fingerprint density at radius 2 is 1.65 bits per heavy atom. The Morgan fingerprint density at radius 1 is 1.05 bits per heavy atom. The van der Waals surface area contributed by atoms with E-state index >= 15 is 0 Å². The second-order valence-corrected chi connectivity index (χ2v) is 5.20. The second-order valence-electron chi connectivity index (χ2n) is 5.20. The largest absolute Gasteiger partial charge is 0.480 e. The molecule has 0 aromatic heterocycles. The first-order valence-corrected chi connectivity index (χ1v) is 7.70. The van der Waals surface area contributed by atoms with Crippen molar-refractivity contribution in [3.8, 4) is 0 Å². The van der Waals surface area contributed by atoms with E-state index in [4.69, 9.17) is 9.47 Å². The normalized spacial score (nSPS) is 14.2. The minimum atomic E-state index is -0.821. The summed E-state index contributed by atoms with van der Waals surface area (Å²) in [4.78, 5) is 11.2. The topological polar surface area (TPSA) is 67.8 Å². The van der Waals surface area contributed by atoms with Gasteiger partial charge in [0.15, 0.2) is 0 Å². The zero-order chi connectivity index (χ0) is 15.3. The third kappa shape index (κ3) is 9.28. The molecule has 0 aromatic carbocycles. The number of unbranched alkanes of at least 4 members (excludes halogenated alkanes) is 2. The minimum Gasteiger partial charge on any atom is -0.480 e. The highest BCUT2D eigenvalue weighted by Gasteiger charge is 2.30. The molecule has 1 atom stereocenters. The molecular formula is C15H31NO4. The number of aliphatic carboxylic acids is 1. The Kier molecular flexibility index (Phi) is 11.7. The van der Waals surface area contributed by atoms with Gasteiger partial charge in [-0.15, -0.1) is 0 Å². The summed E-state index contributed by atoms with van der Waals surface area (Å²) in [5, 5.41) is 12.2. The van der Waals surface area contributed by atoms with Gasteiger partial charge in [0.05, 0.1) is 13.2 Å². The molecule has 0 rings (SSSR count). The quantitative estimate of drug-likeness (QED) is 0.481. The van der Waals surface area contributed by atoms with Crippen molar-refractivity contribution >= 4 is 5.97 Å². The zero-order valence-electron chi connectivity index (χ0n) is 13.2. The molecule has 0 heterocycles. The van der Waals surface area contributed by atoms with E-state index in [1.165, 1.54) is 0 Å². The number of rotatable bonds is 14. The van der Waals surface area contributed by atoms with E-state index in [1.807, 2.05) is 6.92 Å². The molecule has 0 spiro atoms. The molecule has 0 radical (unpaired) electrons. The van der Waals surface area contributed by atoms with Crippen molar-refractivity contribution in [3.63, 3.8) is 0 Å². The van der Waals surface area contributed by atoms with Gasteiger partial charge in [-0.25, -0.2) is 0 Å². The van der Waals surface area contributed by atoms with Crippen molar-refractivity contribution in [2.45, 2.75) is 58.4 Å². The third-order valence-corrected chi connectivity index (χ3v) is 3.27. The summed E-state index contributed by atoms with van der Waals surface area (Å²) < 4.78 is 10.8. The molecule has 20 heavy (non-hydrogen) atoms. The number of ether oxygens (including phenoxy) is 2. The molecule has 0 bridgehead atoms. The van der Waals surface area contributed by atoms with Crippen LogP contribution in [0.3, 0.4) is 0 Å². The van der Waals surface area contributed by atoms with Crippen LogP contribution in [0.1, 0.15) is 52.9 Å². The summed E-state index contributed by atoms with van der Waals surface area (Å²) >= 11 is 0. The van der Waals surface area contributed by atoms with Crippen molar-refractivity contribution < 1.29 is 19.4 Å². The van der Waals surface area contributed by atoms with Gasteiger partial charge >= 0.3 is 5.97 Å². The van der Waals surface area contributed by atoms with E-state index in [-0.39, 0.29) is 0 Å². The van der Waals surface area contributed by atoms with Crippen LogP contribution in [-0.4, -0.2) is 49.6 Å². The van der Waals surface area contributed by atoms with Crippen molar-refractivity contribution in [2.24, 2.45) is 0 Å². The lowest BCUT2D eigenvalue weighted by Gasteiger charge is -2.25. The van der Waals surface area contributed by atoms with E-state index < -0.39 is 11.5 Å². The molecule has 0 saturated heterocycles. The third-order valence-electron chi connectivity index (χ3n) is 3.27. The van der Waals surface area contributed by atoms with Gasteiger partial charge in [0.1, 0.15) is 5.54 Å².